The molecular formula is C13H18N2O4S. The minimum atomic E-state index is -1.11. The lowest BCUT2D eigenvalue weighted by molar-refractivity contribution is -0.153. The molecule has 0 bridgehead atoms. The predicted molar refractivity (Wildman–Crippen MR) is 73.1 cm³/mol. The minimum absolute atomic E-state index is 0.00404. The molecule has 2 atom stereocenters. The van der Waals surface area contributed by atoms with Gasteiger partial charge in [-0.3, -0.25) is 9.59 Å². The van der Waals surface area contributed by atoms with E-state index in [0.29, 0.717) is 25.0 Å². The molecule has 2 unspecified atom stereocenters. The zero-order valence-electron chi connectivity index (χ0n) is 11.3. The lowest BCUT2D eigenvalue weighted by Crippen LogP contribution is -2.63. The number of nitrogens with zero attached hydrogens (tertiary/aromatic N) is 1. The van der Waals surface area contributed by atoms with E-state index in [4.69, 9.17) is 0 Å². The van der Waals surface area contributed by atoms with Crippen LogP contribution in [0.2, 0.25) is 0 Å². The normalized spacial score (nSPS) is 34.5. The highest BCUT2D eigenvalue weighted by atomic mass is 32.2. The summed E-state index contributed by atoms with van der Waals surface area (Å²) >= 11 is 1.61. The van der Waals surface area contributed by atoms with Crippen molar-refractivity contribution in [2.24, 2.45) is 0 Å². The van der Waals surface area contributed by atoms with Gasteiger partial charge in [-0.15, -0.1) is 11.8 Å². The molecular weight excluding hydrogens is 280 g/mol. The second-order valence-corrected chi connectivity index (χ2v) is 7.50. The van der Waals surface area contributed by atoms with E-state index in [1.807, 2.05) is 6.92 Å². The van der Waals surface area contributed by atoms with E-state index in [1.54, 1.807) is 16.7 Å². The SMILES string of the molecule is CC12CCC(=O)N1C(C(=O)NC1(C(=O)O)CCC1)CS2. The lowest BCUT2D eigenvalue weighted by atomic mass is 9.76. The minimum Gasteiger partial charge on any atom is -0.480 e. The molecule has 7 heteroatoms. The van der Waals surface area contributed by atoms with E-state index in [2.05, 4.69) is 5.32 Å². The van der Waals surface area contributed by atoms with E-state index in [9.17, 15) is 19.5 Å². The molecule has 1 saturated carbocycles. The Labute approximate surface area is 121 Å². The highest BCUT2D eigenvalue weighted by Crippen LogP contribution is 2.47. The fraction of sp³-hybridized carbons (Fsp3) is 0.769. The number of rotatable bonds is 3. The first kappa shape index (κ1) is 13.7. The molecule has 0 aromatic heterocycles. The molecule has 3 fully saturated rings. The molecule has 1 aliphatic carbocycles. The standard InChI is InChI=1S/C13H18N2O4S/c1-12-6-3-9(16)15(12)8(7-20-12)10(17)14-13(11(18)19)4-2-5-13/h8H,2-7H2,1H3,(H,14,17)(H,18,19). The topological polar surface area (TPSA) is 86.7 Å². The number of carbonyl (C=O) groups is 3. The first-order chi connectivity index (χ1) is 9.38. The van der Waals surface area contributed by atoms with Crippen molar-refractivity contribution < 1.29 is 19.5 Å². The van der Waals surface area contributed by atoms with Crippen LogP contribution in [0.3, 0.4) is 0 Å². The summed E-state index contributed by atoms with van der Waals surface area (Å²) in [6, 6.07) is -0.531. The average molecular weight is 298 g/mol. The van der Waals surface area contributed by atoms with Crippen LogP contribution < -0.4 is 5.32 Å². The number of nitrogens with one attached hydrogen (secondary N) is 1. The molecule has 2 heterocycles. The van der Waals surface area contributed by atoms with Gasteiger partial charge in [-0.1, -0.05) is 0 Å². The second-order valence-electron chi connectivity index (χ2n) is 6.00. The molecule has 2 amide bonds. The molecule has 3 rings (SSSR count). The van der Waals surface area contributed by atoms with Crippen LogP contribution in [0, 0.1) is 0 Å². The van der Waals surface area contributed by atoms with Crippen LogP contribution in [0.1, 0.15) is 39.0 Å². The maximum atomic E-state index is 12.4. The summed E-state index contributed by atoms with van der Waals surface area (Å²) in [5.74, 6) is -0.753. The van der Waals surface area contributed by atoms with E-state index in [-0.39, 0.29) is 16.7 Å². The highest BCUT2D eigenvalue weighted by molar-refractivity contribution is 8.01. The van der Waals surface area contributed by atoms with Gasteiger partial charge in [0, 0.05) is 12.2 Å². The molecule has 0 spiro atoms. The number of amides is 2. The van der Waals surface area contributed by atoms with Gasteiger partial charge in [0.25, 0.3) is 0 Å². The molecule has 0 radical (unpaired) electrons. The summed E-state index contributed by atoms with van der Waals surface area (Å²) in [5, 5.41) is 11.9. The van der Waals surface area contributed by atoms with Gasteiger partial charge in [0.1, 0.15) is 11.6 Å². The van der Waals surface area contributed by atoms with Gasteiger partial charge in [-0.05, 0) is 32.6 Å². The molecule has 3 aliphatic rings. The number of hydrogen-bond donors (Lipinski definition) is 2. The quantitative estimate of drug-likeness (QED) is 0.795. The van der Waals surface area contributed by atoms with E-state index in [0.717, 1.165) is 12.8 Å². The van der Waals surface area contributed by atoms with Gasteiger partial charge >= 0.3 is 5.97 Å². The van der Waals surface area contributed by atoms with Crippen molar-refractivity contribution in [1.82, 2.24) is 10.2 Å². The smallest absolute Gasteiger partial charge is 0.329 e. The zero-order chi connectivity index (χ0) is 14.5. The van der Waals surface area contributed by atoms with E-state index < -0.39 is 17.6 Å². The molecule has 2 saturated heterocycles. The van der Waals surface area contributed by atoms with Gasteiger partial charge in [0.15, 0.2) is 0 Å². The van der Waals surface area contributed by atoms with Crippen LogP contribution in [0.4, 0.5) is 0 Å². The van der Waals surface area contributed by atoms with Gasteiger partial charge in [0.05, 0.1) is 4.87 Å². The molecule has 110 valence electrons. The summed E-state index contributed by atoms with van der Waals surface area (Å²) in [7, 11) is 0. The largest absolute Gasteiger partial charge is 0.480 e. The first-order valence-corrected chi connectivity index (χ1v) is 7.88. The average Bonchev–Trinajstić information content (AvgIpc) is 2.81. The highest BCUT2D eigenvalue weighted by Gasteiger charge is 2.55. The number of hydrogen-bond acceptors (Lipinski definition) is 4. The third-order valence-corrected chi connectivity index (χ3v) is 6.23. The third-order valence-electron chi connectivity index (χ3n) is 4.73. The van der Waals surface area contributed by atoms with Crippen molar-refractivity contribution in [2.75, 3.05) is 5.75 Å². The summed E-state index contributed by atoms with van der Waals surface area (Å²) in [4.78, 5) is 37.0. The number of fused-ring (bicyclic) bond motifs is 1. The van der Waals surface area contributed by atoms with Crippen LogP contribution in [0.5, 0.6) is 0 Å². The lowest BCUT2D eigenvalue weighted by Gasteiger charge is -2.40. The van der Waals surface area contributed by atoms with Gasteiger partial charge in [-0.25, -0.2) is 4.79 Å². The fourth-order valence-corrected chi connectivity index (χ4v) is 4.69. The van der Waals surface area contributed by atoms with E-state index >= 15 is 0 Å². The Kier molecular flexibility index (Phi) is 3.00. The van der Waals surface area contributed by atoms with Crippen LogP contribution in [0.15, 0.2) is 0 Å². The second kappa shape index (κ2) is 4.38. The molecule has 0 aromatic rings. The summed E-state index contributed by atoms with van der Waals surface area (Å²) in [5.41, 5.74) is -1.11. The number of thioether (sulfide) groups is 1. The van der Waals surface area contributed by atoms with E-state index in [1.165, 1.54) is 0 Å². The number of carboxylic acid groups (broad SMARTS) is 1. The Balaban J connectivity index is 1.75. The maximum absolute atomic E-state index is 12.4. The van der Waals surface area contributed by atoms with Crippen LogP contribution in [-0.4, -0.2) is 50.0 Å². The molecule has 2 N–H and O–H groups in total. The Bertz CT molecular complexity index is 491. The monoisotopic (exact) mass is 298 g/mol. The van der Waals surface area contributed by atoms with Crippen molar-refractivity contribution in [3.05, 3.63) is 0 Å². The third kappa shape index (κ3) is 1.82. The molecule has 0 aromatic carbocycles. The Morgan fingerprint density at radius 1 is 1.40 bits per heavy atom. The van der Waals surface area contributed by atoms with Gasteiger partial charge < -0.3 is 15.3 Å². The Morgan fingerprint density at radius 3 is 2.65 bits per heavy atom. The van der Waals surface area contributed by atoms with Crippen molar-refractivity contribution in [3.8, 4) is 0 Å². The van der Waals surface area contributed by atoms with Crippen molar-refractivity contribution in [3.63, 3.8) is 0 Å². The van der Waals surface area contributed by atoms with Crippen molar-refractivity contribution >= 4 is 29.5 Å². The zero-order valence-corrected chi connectivity index (χ0v) is 12.2. The fourth-order valence-electron chi connectivity index (χ4n) is 3.26. The number of carboxylic acids is 1. The summed E-state index contributed by atoms with van der Waals surface area (Å²) < 4.78 is 0. The van der Waals surface area contributed by atoms with Crippen LogP contribution >= 0.6 is 11.8 Å². The van der Waals surface area contributed by atoms with Crippen molar-refractivity contribution in [1.29, 1.82) is 0 Å². The summed E-state index contributed by atoms with van der Waals surface area (Å²) in [6.45, 7) is 1.98. The van der Waals surface area contributed by atoms with Crippen LogP contribution in [-0.2, 0) is 14.4 Å². The predicted octanol–water partition coefficient (Wildman–Crippen LogP) is 0.564. The maximum Gasteiger partial charge on any atom is 0.329 e. The van der Waals surface area contributed by atoms with Crippen LogP contribution in [0.25, 0.3) is 0 Å². The Hall–Kier alpha value is -1.24. The molecule has 6 nitrogen and oxygen atoms in total. The van der Waals surface area contributed by atoms with Crippen molar-refractivity contribution in [2.45, 2.75) is 55.5 Å². The first-order valence-electron chi connectivity index (χ1n) is 6.90. The summed E-state index contributed by atoms with van der Waals surface area (Å²) in [6.07, 6.45) is 2.98. The number of carbonyl (C=O) groups excluding carboxylic acids is 2. The molecule has 2 aliphatic heterocycles. The van der Waals surface area contributed by atoms with Gasteiger partial charge in [0.2, 0.25) is 11.8 Å². The van der Waals surface area contributed by atoms with Gasteiger partial charge in [-0.2, -0.15) is 0 Å². The number of aliphatic carboxylic acids is 1. The Morgan fingerprint density at radius 2 is 2.10 bits per heavy atom. The molecule has 20 heavy (non-hydrogen) atoms.